The zero-order chi connectivity index (χ0) is 15.3. The molecule has 0 radical (unpaired) electrons. The van der Waals surface area contributed by atoms with Crippen LogP contribution in [0.15, 0.2) is 29.2 Å². The molecule has 0 saturated carbocycles. The number of nitrogens with zero attached hydrogens (tertiary/aromatic N) is 2. The van der Waals surface area contributed by atoms with Crippen LogP contribution in [-0.4, -0.2) is 38.5 Å². The summed E-state index contributed by atoms with van der Waals surface area (Å²) in [6, 6.07) is 4.76. The number of hydrogen-bond acceptors (Lipinski definition) is 3. The molecule has 1 aromatic heterocycles. The molecule has 0 fully saturated rings. The molecule has 0 aliphatic rings. The third-order valence-electron chi connectivity index (χ3n) is 2.87. The van der Waals surface area contributed by atoms with E-state index in [0.717, 1.165) is 0 Å². The fourth-order valence-electron chi connectivity index (χ4n) is 1.83. The zero-order valence-corrected chi connectivity index (χ0v) is 12.0. The van der Waals surface area contributed by atoms with Crippen LogP contribution in [-0.2, 0) is 16.1 Å². The highest BCUT2D eigenvalue weighted by Crippen LogP contribution is 2.14. The van der Waals surface area contributed by atoms with Crippen molar-refractivity contribution in [2.75, 3.05) is 6.54 Å². The second kappa shape index (κ2) is 6.36. The summed E-state index contributed by atoms with van der Waals surface area (Å²) in [6.07, 6.45) is 1.70. The van der Waals surface area contributed by atoms with Crippen LogP contribution in [0.2, 0.25) is 0 Å². The van der Waals surface area contributed by atoms with Gasteiger partial charge in [0, 0.05) is 30.8 Å². The van der Waals surface area contributed by atoms with Crippen molar-refractivity contribution in [3.8, 4) is 0 Å². The summed E-state index contributed by atoms with van der Waals surface area (Å²) in [6.45, 7) is 5.24. The van der Waals surface area contributed by atoms with E-state index in [4.69, 9.17) is 5.11 Å². The molecule has 0 unspecified atom stereocenters. The fraction of sp³-hybridized carbons (Fsp3) is 0.500. The van der Waals surface area contributed by atoms with Gasteiger partial charge in [0.2, 0.25) is 5.91 Å². The van der Waals surface area contributed by atoms with E-state index in [-0.39, 0.29) is 31.0 Å². The molecule has 1 aromatic rings. The summed E-state index contributed by atoms with van der Waals surface area (Å²) >= 11 is 0. The molecule has 0 aliphatic carbocycles. The highest BCUT2D eigenvalue weighted by Gasteiger charge is 2.27. The first-order valence-corrected chi connectivity index (χ1v) is 6.39. The van der Waals surface area contributed by atoms with Crippen LogP contribution in [0.1, 0.15) is 27.2 Å². The number of carbonyl (C=O) groups is 2. The van der Waals surface area contributed by atoms with Gasteiger partial charge in [0.05, 0.1) is 0 Å². The van der Waals surface area contributed by atoms with Crippen molar-refractivity contribution in [3.05, 3.63) is 34.7 Å². The number of carboxylic acid groups (broad SMARTS) is 1. The second-order valence-electron chi connectivity index (χ2n) is 5.53. The molecule has 1 heterocycles. The number of hydrogen-bond donors (Lipinski definition) is 1. The highest BCUT2D eigenvalue weighted by molar-refractivity contribution is 5.82. The topological polar surface area (TPSA) is 79.6 Å². The van der Waals surface area contributed by atoms with Crippen molar-refractivity contribution >= 4 is 11.9 Å². The molecule has 1 rings (SSSR count). The van der Waals surface area contributed by atoms with Gasteiger partial charge in [0.15, 0.2) is 0 Å². The van der Waals surface area contributed by atoms with Crippen LogP contribution in [0, 0.1) is 0 Å². The number of amides is 1. The van der Waals surface area contributed by atoms with Gasteiger partial charge in [0.25, 0.3) is 5.56 Å². The first-order valence-electron chi connectivity index (χ1n) is 6.39. The van der Waals surface area contributed by atoms with Gasteiger partial charge in [-0.05, 0) is 26.8 Å². The first kappa shape index (κ1) is 15.9. The lowest BCUT2D eigenvalue weighted by molar-refractivity contribution is -0.148. The predicted molar refractivity (Wildman–Crippen MR) is 74.4 cm³/mol. The Morgan fingerprint density at radius 2 is 1.95 bits per heavy atom. The molecular formula is C14H20N2O4. The average molecular weight is 280 g/mol. The van der Waals surface area contributed by atoms with Gasteiger partial charge in [-0.3, -0.25) is 14.4 Å². The van der Waals surface area contributed by atoms with Crippen LogP contribution in [0.3, 0.4) is 0 Å². The molecule has 0 atom stereocenters. The maximum absolute atomic E-state index is 12.2. The molecule has 0 aromatic carbocycles. The standard InChI is InChI=1S/C14H20N2O4/c1-14(2,3)16(10-13(19)20)12(18)7-9-15-8-5-4-6-11(15)17/h4-6,8H,7,9-10H2,1-3H3,(H,19,20). The summed E-state index contributed by atoms with van der Waals surface area (Å²) in [5.74, 6) is -1.33. The maximum Gasteiger partial charge on any atom is 0.323 e. The Morgan fingerprint density at radius 1 is 1.30 bits per heavy atom. The SMILES string of the molecule is CC(C)(C)N(CC(=O)O)C(=O)CCn1ccccc1=O. The second-order valence-corrected chi connectivity index (χ2v) is 5.53. The van der Waals surface area contributed by atoms with Crippen molar-refractivity contribution in [2.45, 2.75) is 39.3 Å². The van der Waals surface area contributed by atoms with Crippen molar-refractivity contribution in [1.29, 1.82) is 0 Å². The Hall–Kier alpha value is -2.11. The third-order valence-corrected chi connectivity index (χ3v) is 2.87. The van der Waals surface area contributed by atoms with Crippen LogP contribution < -0.4 is 5.56 Å². The van der Waals surface area contributed by atoms with E-state index in [1.165, 1.54) is 15.5 Å². The molecule has 0 bridgehead atoms. The molecule has 0 aliphatic heterocycles. The minimum atomic E-state index is -1.05. The monoisotopic (exact) mass is 280 g/mol. The highest BCUT2D eigenvalue weighted by atomic mass is 16.4. The molecule has 6 nitrogen and oxygen atoms in total. The normalized spacial score (nSPS) is 11.2. The van der Waals surface area contributed by atoms with Gasteiger partial charge in [-0.1, -0.05) is 6.07 Å². The molecule has 6 heteroatoms. The van der Waals surface area contributed by atoms with Crippen molar-refractivity contribution in [2.24, 2.45) is 0 Å². The van der Waals surface area contributed by atoms with Crippen molar-refractivity contribution in [1.82, 2.24) is 9.47 Å². The van der Waals surface area contributed by atoms with E-state index in [2.05, 4.69) is 0 Å². The van der Waals surface area contributed by atoms with E-state index in [0.29, 0.717) is 0 Å². The van der Waals surface area contributed by atoms with Gasteiger partial charge in [-0.25, -0.2) is 0 Å². The van der Waals surface area contributed by atoms with Gasteiger partial charge < -0.3 is 14.6 Å². The first-order chi connectivity index (χ1) is 9.21. The van der Waals surface area contributed by atoms with Gasteiger partial charge in [-0.2, -0.15) is 0 Å². The van der Waals surface area contributed by atoms with Crippen molar-refractivity contribution in [3.63, 3.8) is 0 Å². The van der Waals surface area contributed by atoms with Crippen LogP contribution in [0.5, 0.6) is 0 Å². The number of rotatable bonds is 5. The summed E-state index contributed by atoms with van der Waals surface area (Å²) in [5.41, 5.74) is -0.752. The van der Waals surface area contributed by atoms with E-state index in [9.17, 15) is 14.4 Å². The molecule has 110 valence electrons. The van der Waals surface area contributed by atoms with Gasteiger partial charge in [-0.15, -0.1) is 0 Å². The molecule has 1 N–H and O–H groups in total. The summed E-state index contributed by atoms with van der Waals surface area (Å²) in [4.78, 5) is 35.8. The molecule has 0 spiro atoms. The van der Waals surface area contributed by atoms with Crippen LogP contribution in [0.4, 0.5) is 0 Å². The molecule has 20 heavy (non-hydrogen) atoms. The van der Waals surface area contributed by atoms with Crippen LogP contribution >= 0.6 is 0 Å². The van der Waals surface area contributed by atoms with E-state index in [1.54, 1.807) is 39.1 Å². The number of carbonyl (C=O) groups excluding carboxylic acids is 1. The third kappa shape index (κ3) is 4.53. The van der Waals surface area contributed by atoms with Crippen molar-refractivity contribution < 1.29 is 14.7 Å². The molecule has 0 saturated heterocycles. The Kier molecular flexibility index (Phi) is 5.07. The Labute approximate surface area is 117 Å². The molecular weight excluding hydrogens is 260 g/mol. The van der Waals surface area contributed by atoms with Gasteiger partial charge >= 0.3 is 5.97 Å². The molecule has 1 amide bonds. The van der Waals surface area contributed by atoms with E-state index in [1.807, 2.05) is 0 Å². The Morgan fingerprint density at radius 3 is 2.45 bits per heavy atom. The number of aryl methyl sites for hydroxylation is 1. The number of carboxylic acids is 1. The van der Waals surface area contributed by atoms with E-state index >= 15 is 0 Å². The Bertz CT molecular complexity index is 543. The Balaban J connectivity index is 2.75. The predicted octanol–water partition coefficient (Wildman–Crippen LogP) is 0.950. The summed E-state index contributed by atoms with van der Waals surface area (Å²) in [5, 5.41) is 8.88. The minimum Gasteiger partial charge on any atom is -0.480 e. The zero-order valence-electron chi connectivity index (χ0n) is 12.0. The van der Waals surface area contributed by atoms with Gasteiger partial charge in [0.1, 0.15) is 6.54 Å². The lowest BCUT2D eigenvalue weighted by atomic mass is 10.1. The quantitative estimate of drug-likeness (QED) is 0.871. The smallest absolute Gasteiger partial charge is 0.323 e. The fourth-order valence-corrected chi connectivity index (χ4v) is 1.83. The number of aliphatic carboxylic acids is 1. The van der Waals surface area contributed by atoms with E-state index < -0.39 is 11.5 Å². The lowest BCUT2D eigenvalue weighted by Gasteiger charge is -2.34. The average Bonchev–Trinajstić information content (AvgIpc) is 2.33. The largest absolute Gasteiger partial charge is 0.480 e. The number of aromatic nitrogens is 1. The lowest BCUT2D eigenvalue weighted by Crippen LogP contribution is -2.48. The number of pyridine rings is 1. The summed E-state index contributed by atoms with van der Waals surface area (Å²) in [7, 11) is 0. The van der Waals surface area contributed by atoms with Crippen LogP contribution in [0.25, 0.3) is 0 Å². The maximum atomic E-state index is 12.2. The minimum absolute atomic E-state index is 0.0917. The summed E-state index contributed by atoms with van der Waals surface area (Å²) < 4.78 is 1.43.